The number of rotatable bonds is 3. The Morgan fingerprint density at radius 3 is 1.83 bits per heavy atom. The van der Waals surface area contributed by atoms with Crippen molar-refractivity contribution in [2.24, 2.45) is 0 Å². The van der Waals surface area contributed by atoms with Crippen molar-refractivity contribution in [3.8, 4) is 28.5 Å². The molecule has 0 atom stereocenters. The van der Waals surface area contributed by atoms with E-state index in [1.165, 1.54) is 21.5 Å². The van der Waals surface area contributed by atoms with Crippen LogP contribution >= 0.6 is 0 Å². The molecule has 0 bridgehead atoms. The second-order valence-corrected chi connectivity index (χ2v) is 8.70. The molecule has 0 radical (unpaired) electrons. The van der Waals surface area contributed by atoms with Gasteiger partial charge in [0.1, 0.15) is 5.82 Å². The molecule has 0 aliphatic carbocycles. The summed E-state index contributed by atoms with van der Waals surface area (Å²) in [5.41, 5.74) is 5.28. The minimum absolute atomic E-state index is 0.716. The van der Waals surface area contributed by atoms with E-state index in [0.29, 0.717) is 5.82 Å². The van der Waals surface area contributed by atoms with Gasteiger partial charge in [-0.15, -0.1) is 0 Å². The third-order valence-electron chi connectivity index (χ3n) is 6.62. The average Bonchev–Trinajstić information content (AvgIpc) is 3.27. The molecule has 35 heavy (non-hydrogen) atoms. The smallest absolute Gasteiger partial charge is 0.162 e. The van der Waals surface area contributed by atoms with Crippen LogP contribution in [0.5, 0.6) is 0 Å². The molecule has 3 nitrogen and oxygen atoms in total. The minimum Gasteiger partial charge on any atom is -0.294 e. The fourth-order valence-corrected chi connectivity index (χ4v) is 5.02. The van der Waals surface area contributed by atoms with E-state index in [2.05, 4.69) is 114 Å². The average molecular weight is 448 g/mol. The first-order valence-electron chi connectivity index (χ1n) is 11.8. The lowest BCUT2D eigenvalue weighted by Crippen LogP contribution is -2.02. The number of nitrogens with zero attached hydrogens (tertiary/aromatic N) is 3. The summed E-state index contributed by atoms with van der Waals surface area (Å²) in [7, 11) is 0. The van der Waals surface area contributed by atoms with Crippen molar-refractivity contribution in [3.63, 3.8) is 0 Å². The van der Waals surface area contributed by atoms with Gasteiger partial charge < -0.3 is 0 Å². The van der Waals surface area contributed by atoms with Gasteiger partial charge in [0.2, 0.25) is 0 Å². The lowest BCUT2D eigenvalue weighted by molar-refractivity contribution is 1.05. The maximum Gasteiger partial charge on any atom is 0.162 e. The van der Waals surface area contributed by atoms with E-state index in [9.17, 15) is 0 Å². The van der Waals surface area contributed by atoms with Crippen LogP contribution in [0.2, 0.25) is 0 Å². The Balaban J connectivity index is 1.58. The molecule has 0 spiro atoms. The quantitative estimate of drug-likeness (QED) is 0.274. The lowest BCUT2D eigenvalue weighted by atomic mass is 10.0. The fourth-order valence-electron chi connectivity index (χ4n) is 5.02. The van der Waals surface area contributed by atoms with Gasteiger partial charge in [-0.3, -0.25) is 4.57 Å². The van der Waals surface area contributed by atoms with Gasteiger partial charge in [0.15, 0.2) is 5.82 Å². The summed E-state index contributed by atoms with van der Waals surface area (Å²) in [6.45, 7) is 0. The standard InChI is InChI=1S/C32H21N3/c1-2-12-23(13-3-1)32-33-28(25-18-10-14-22-11-4-5-15-24(22)25)21-31(34-32)35-29-19-8-6-16-26(29)27-17-7-9-20-30(27)35/h1-21H. The summed E-state index contributed by atoms with van der Waals surface area (Å²) < 4.78 is 2.26. The summed E-state index contributed by atoms with van der Waals surface area (Å²) in [6, 6.07) is 44.2. The van der Waals surface area contributed by atoms with E-state index in [1.54, 1.807) is 0 Å². The predicted molar refractivity (Wildman–Crippen MR) is 145 cm³/mol. The molecule has 7 rings (SSSR count). The molecule has 0 amide bonds. The Bertz CT molecular complexity index is 1790. The molecule has 0 saturated carbocycles. The second kappa shape index (κ2) is 7.93. The molecule has 0 fully saturated rings. The maximum absolute atomic E-state index is 5.10. The Morgan fingerprint density at radius 1 is 0.486 bits per heavy atom. The molecule has 0 aliphatic heterocycles. The zero-order valence-electron chi connectivity index (χ0n) is 19.0. The molecule has 7 aromatic rings. The molecule has 0 N–H and O–H groups in total. The maximum atomic E-state index is 5.10. The van der Waals surface area contributed by atoms with E-state index in [4.69, 9.17) is 9.97 Å². The topological polar surface area (TPSA) is 30.7 Å². The number of hydrogen-bond acceptors (Lipinski definition) is 2. The second-order valence-electron chi connectivity index (χ2n) is 8.70. The Hall–Kier alpha value is -4.76. The van der Waals surface area contributed by atoms with Crippen LogP contribution in [0.1, 0.15) is 0 Å². The molecule has 0 aliphatic rings. The largest absolute Gasteiger partial charge is 0.294 e. The Kier molecular flexibility index (Phi) is 4.46. The SMILES string of the molecule is c1ccc(-c2nc(-c3cccc4ccccc34)cc(-n3c4ccccc4c4ccccc43)n2)cc1. The lowest BCUT2D eigenvalue weighted by Gasteiger charge is -2.13. The van der Waals surface area contributed by atoms with Gasteiger partial charge in [-0.1, -0.05) is 109 Å². The van der Waals surface area contributed by atoms with Crippen LogP contribution in [0.15, 0.2) is 127 Å². The first kappa shape index (κ1) is 19.7. The van der Waals surface area contributed by atoms with Gasteiger partial charge in [0.25, 0.3) is 0 Å². The highest BCUT2D eigenvalue weighted by molar-refractivity contribution is 6.09. The van der Waals surface area contributed by atoms with Gasteiger partial charge in [-0.2, -0.15) is 0 Å². The summed E-state index contributed by atoms with van der Waals surface area (Å²) in [4.78, 5) is 10.2. The molecule has 2 aromatic heterocycles. The highest BCUT2D eigenvalue weighted by atomic mass is 15.1. The molecule has 0 unspecified atom stereocenters. The van der Waals surface area contributed by atoms with E-state index in [-0.39, 0.29) is 0 Å². The third kappa shape index (κ3) is 3.21. The van der Waals surface area contributed by atoms with Gasteiger partial charge in [-0.05, 0) is 22.9 Å². The fraction of sp³-hybridized carbons (Fsp3) is 0. The van der Waals surface area contributed by atoms with Crippen LogP contribution < -0.4 is 0 Å². The summed E-state index contributed by atoms with van der Waals surface area (Å²) in [6.07, 6.45) is 0. The van der Waals surface area contributed by atoms with Crippen molar-refractivity contribution in [1.29, 1.82) is 0 Å². The third-order valence-corrected chi connectivity index (χ3v) is 6.62. The van der Waals surface area contributed by atoms with Crippen LogP contribution in [-0.4, -0.2) is 14.5 Å². The molecule has 164 valence electrons. The van der Waals surface area contributed by atoms with E-state index < -0.39 is 0 Å². The van der Waals surface area contributed by atoms with Crippen molar-refractivity contribution in [1.82, 2.24) is 14.5 Å². The number of hydrogen-bond donors (Lipinski definition) is 0. The van der Waals surface area contributed by atoms with E-state index in [1.807, 2.05) is 18.2 Å². The molecule has 3 heteroatoms. The van der Waals surface area contributed by atoms with Crippen LogP contribution in [0, 0.1) is 0 Å². The predicted octanol–water partition coefficient (Wildman–Crippen LogP) is 8.06. The van der Waals surface area contributed by atoms with E-state index in [0.717, 1.165) is 33.7 Å². The summed E-state index contributed by atoms with van der Waals surface area (Å²) in [5, 5.41) is 4.81. The molecular weight excluding hydrogens is 426 g/mol. The molecule has 0 saturated heterocycles. The van der Waals surface area contributed by atoms with Crippen LogP contribution in [0.4, 0.5) is 0 Å². The van der Waals surface area contributed by atoms with Crippen LogP contribution in [0.3, 0.4) is 0 Å². The monoisotopic (exact) mass is 447 g/mol. The van der Waals surface area contributed by atoms with Crippen LogP contribution in [0.25, 0.3) is 61.0 Å². The van der Waals surface area contributed by atoms with Gasteiger partial charge in [0, 0.05) is 28.0 Å². The molecular formula is C32H21N3. The summed E-state index contributed by atoms with van der Waals surface area (Å²) >= 11 is 0. The van der Waals surface area contributed by atoms with Crippen molar-refractivity contribution in [2.45, 2.75) is 0 Å². The first-order valence-corrected chi connectivity index (χ1v) is 11.8. The van der Waals surface area contributed by atoms with Gasteiger partial charge in [-0.25, -0.2) is 9.97 Å². The number of para-hydroxylation sites is 2. The van der Waals surface area contributed by atoms with Crippen molar-refractivity contribution in [2.75, 3.05) is 0 Å². The van der Waals surface area contributed by atoms with Gasteiger partial charge >= 0.3 is 0 Å². The number of fused-ring (bicyclic) bond motifs is 4. The van der Waals surface area contributed by atoms with E-state index >= 15 is 0 Å². The highest BCUT2D eigenvalue weighted by Crippen LogP contribution is 2.34. The Morgan fingerprint density at radius 2 is 1.09 bits per heavy atom. The summed E-state index contributed by atoms with van der Waals surface area (Å²) in [5.74, 6) is 1.58. The zero-order chi connectivity index (χ0) is 23.2. The van der Waals surface area contributed by atoms with Crippen molar-refractivity contribution < 1.29 is 0 Å². The highest BCUT2D eigenvalue weighted by Gasteiger charge is 2.16. The molecule has 5 aromatic carbocycles. The van der Waals surface area contributed by atoms with Gasteiger partial charge in [0.05, 0.1) is 16.7 Å². The van der Waals surface area contributed by atoms with Crippen molar-refractivity contribution in [3.05, 3.63) is 127 Å². The normalized spacial score (nSPS) is 11.4. The number of benzene rings is 5. The minimum atomic E-state index is 0.716. The Labute approximate surface area is 203 Å². The first-order chi connectivity index (χ1) is 17.4. The van der Waals surface area contributed by atoms with Crippen molar-refractivity contribution >= 4 is 32.6 Å². The molecule has 2 heterocycles. The van der Waals surface area contributed by atoms with Crippen LogP contribution in [-0.2, 0) is 0 Å². The number of aromatic nitrogens is 3. The zero-order valence-corrected chi connectivity index (χ0v) is 19.0.